The van der Waals surface area contributed by atoms with Crippen LogP contribution in [0, 0.1) is 5.92 Å². The summed E-state index contributed by atoms with van der Waals surface area (Å²) in [5.41, 5.74) is 4.70. The van der Waals surface area contributed by atoms with Crippen molar-refractivity contribution < 1.29 is 9.90 Å². The van der Waals surface area contributed by atoms with Crippen molar-refractivity contribution >= 4 is 28.8 Å². The van der Waals surface area contributed by atoms with Gasteiger partial charge in [0.1, 0.15) is 0 Å². The molecule has 1 N–H and O–H groups in total. The number of pyridine rings is 2. The van der Waals surface area contributed by atoms with Gasteiger partial charge in [0.05, 0.1) is 11.3 Å². The predicted molar refractivity (Wildman–Crippen MR) is 171 cm³/mol. The number of aromatic nitrogens is 4. The number of piperidine rings is 1. The number of nitrogens with zero attached hydrogens (tertiary/aromatic N) is 6. The van der Waals surface area contributed by atoms with Crippen LogP contribution in [0.5, 0.6) is 0 Å². The molecule has 0 bridgehead atoms. The van der Waals surface area contributed by atoms with Gasteiger partial charge in [0, 0.05) is 61.3 Å². The summed E-state index contributed by atoms with van der Waals surface area (Å²) in [4.78, 5) is 26.8. The Labute approximate surface area is 261 Å². The molecule has 8 nitrogen and oxygen atoms in total. The van der Waals surface area contributed by atoms with Gasteiger partial charge in [-0.25, -0.2) is 9.50 Å². The number of hydrogen-bond donors (Lipinski definition) is 1. The van der Waals surface area contributed by atoms with Crippen molar-refractivity contribution in [3.05, 3.63) is 124 Å². The number of amides is 1. The minimum Gasteiger partial charge on any atom is -0.385 e. The molecule has 224 valence electrons. The minimum absolute atomic E-state index is 0.0834. The van der Waals surface area contributed by atoms with Crippen LogP contribution in [0.1, 0.15) is 52.3 Å². The van der Waals surface area contributed by atoms with Gasteiger partial charge < -0.3 is 14.9 Å². The highest BCUT2D eigenvalue weighted by molar-refractivity contribution is 6.30. The Hall–Kier alpha value is -4.27. The average molecular weight is 607 g/mol. The molecule has 5 heterocycles. The Kier molecular flexibility index (Phi) is 7.78. The SMILES string of the molecule is O=C(c1ccc(Cc2nc3c(N4CCC(O)(c5ccc(Cl)cc5)CC4)cccn3n2)cc1)N1CCC(Cc2ccccn2)C1. The number of rotatable bonds is 7. The van der Waals surface area contributed by atoms with Gasteiger partial charge in [0.15, 0.2) is 11.5 Å². The van der Waals surface area contributed by atoms with Crippen LogP contribution in [-0.4, -0.2) is 61.7 Å². The molecule has 1 atom stereocenters. The fraction of sp³-hybridized carbons (Fsp3) is 0.314. The Balaban J connectivity index is 0.989. The van der Waals surface area contributed by atoms with Crippen LogP contribution in [0.2, 0.25) is 5.02 Å². The highest BCUT2D eigenvalue weighted by Gasteiger charge is 2.35. The topological polar surface area (TPSA) is 86.9 Å². The lowest BCUT2D eigenvalue weighted by atomic mass is 9.84. The molecule has 0 radical (unpaired) electrons. The Morgan fingerprint density at radius 3 is 2.50 bits per heavy atom. The van der Waals surface area contributed by atoms with E-state index in [1.165, 1.54) is 0 Å². The van der Waals surface area contributed by atoms with E-state index in [1.807, 2.05) is 88.5 Å². The standard InChI is InChI=1S/C35H35ClN6O2/c36-29-12-10-28(11-13-29)35(44)15-20-40(21-16-35)31-5-3-18-42-33(31)38-32(39-42)23-25-6-8-27(9-7-25)34(43)41-19-14-26(24-41)22-30-4-1-2-17-37-30/h1-13,17-18,26,44H,14-16,19-24H2. The molecule has 5 aromatic rings. The zero-order valence-electron chi connectivity index (χ0n) is 24.5. The van der Waals surface area contributed by atoms with E-state index in [-0.39, 0.29) is 5.91 Å². The molecule has 1 unspecified atom stereocenters. The molecule has 2 fully saturated rings. The van der Waals surface area contributed by atoms with Crippen molar-refractivity contribution in [1.82, 2.24) is 24.5 Å². The van der Waals surface area contributed by atoms with Gasteiger partial charge in [-0.2, -0.15) is 5.10 Å². The molecule has 1 amide bonds. The normalized spacial score (nSPS) is 18.2. The second-order valence-electron chi connectivity index (χ2n) is 12.0. The maximum Gasteiger partial charge on any atom is 0.253 e. The lowest BCUT2D eigenvalue weighted by Gasteiger charge is -2.39. The smallest absolute Gasteiger partial charge is 0.253 e. The number of anilines is 1. The number of likely N-dealkylation sites (tertiary alicyclic amines) is 1. The lowest BCUT2D eigenvalue weighted by Crippen LogP contribution is -2.42. The predicted octanol–water partition coefficient (Wildman–Crippen LogP) is 5.56. The van der Waals surface area contributed by atoms with Crippen LogP contribution >= 0.6 is 11.6 Å². The Morgan fingerprint density at radius 1 is 0.955 bits per heavy atom. The molecule has 44 heavy (non-hydrogen) atoms. The van der Waals surface area contributed by atoms with Gasteiger partial charge in [0.2, 0.25) is 0 Å². The van der Waals surface area contributed by atoms with E-state index in [2.05, 4.69) is 22.0 Å². The first-order valence-corrected chi connectivity index (χ1v) is 15.7. The number of carbonyl (C=O) groups is 1. The van der Waals surface area contributed by atoms with Crippen molar-refractivity contribution in [3.8, 4) is 0 Å². The third-order valence-corrected chi connectivity index (χ3v) is 9.31. The largest absolute Gasteiger partial charge is 0.385 e. The summed E-state index contributed by atoms with van der Waals surface area (Å²) in [6.45, 7) is 2.96. The average Bonchev–Trinajstić information content (AvgIpc) is 3.69. The number of carbonyl (C=O) groups excluding carboxylic acids is 1. The maximum atomic E-state index is 13.2. The number of fused-ring (bicyclic) bond motifs is 1. The number of hydrogen-bond acceptors (Lipinski definition) is 6. The number of aliphatic hydroxyl groups is 1. The molecule has 0 aliphatic carbocycles. The summed E-state index contributed by atoms with van der Waals surface area (Å²) < 4.78 is 1.83. The molecule has 2 aliphatic heterocycles. The Bertz CT molecular complexity index is 1750. The third kappa shape index (κ3) is 5.92. The fourth-order valence-electron chi connectivity index (χ4n) is 6.55. The van der Waals surface area contributed by atoms with Crippen LogP contribution < -0.4 is 4.90 Å². The Morgan fingerprint density at radius 2 is 1.75 bits per heavy atom. The van der Waals surface area contributed by atoms with Gasteiger partial charge >= 0.3 is 0 Å². The number of halogens is 1. The molecule has 7 rings (SSSR count). The summed E-state index contributed by atoms with van der Waals surface area (Å²) >= 11 is 6.05. The fourth-order valence-corrected chi connectivity index (χ4v) is 6.68. The van der Waals surface area contributed by atoms with Gasteiger partial charge in [-0.15, -0.1) is 0 Å². The first kappa shape index (κ1) is 28.5. The molecule has 2 aliphatic rings. The summed E-state index contributed by atoms with van der Waals surface area (Å²) in [5.74, 6) is 1.25. The van der Waals surface area contributed by atoms with Gasteiger partial charge in [-0.3, -0.25) is 9.78 Å². The summed E-state index contributed by atoms with van der Waals surface area (Å²) in [6.07, 6.45) is 7.45. The minimum atomic E-state index is -0.866. The maximum absolute atomic E-state index is 13.2. The van der Waals surface area contributed by atoms with Crippen LogP contribution in [0.3, 0.4) is 0 Å². The van der Waals surface area contributed by atoms with E-state index in [4.69, 9.17) is 21.7 Å². The van der Waals surface area contributed by atoms with Gasteiger partial charge in [-0.1, -0.05) is 41.9 Å². The van der Waals surface area contributed by atoms with Gasteiger partial charge in [-0.05, 0) is 91.3 Å². The summed E-state index contributed by atoms with van der Waals surface area (Å²) in [5, 5.41) is 16.7. The quantitative estimate of drug-likeness (QED) is 0.261. The van der Waals surface area contributed by atoms with E-state index in [0.29, 0.717) is 48.9 Å². The van der Waals surface area contributed by atoms with Crippen molar-refractivity contribution in [2.75, 3.05) is 31.1 Å². The number of benzene rings is 2. The van der Waals surface area contributed by atoms with Gasteiger partial charge in [0.25, 0.3) is 5.91 Å². The third-order valence-electron chi connectivity index (χ3n) is 9.06. The molecule has 2 aromatic carbocycles. The molecule has 2 saturated heterocycles. The first-order chi connectivity index (χ1) is 21.4. The van der Waals surface area contributed by atoms with E-state index in [0.717, 1.165) is 59.9 Å². The highest BCUT2D eigenvalue weighted by atomic mass is 35.5. The van der Waals surface area contributed by atoms with Crippen molar-refractivity contribution in [3.63, 3.8) is 0 Å². The second kappa shape index (κ2) is 12.0. The zero-order chi connectivity index (χ0) is 30.1. The molecular weight excluding hydrogens is 572 g/mol. The van der Waals surface area contributed by atoms with Crippen LogP contribution in [0.4, 0.5) is 5.69 Å². The van der Waals surface area contributed by atoms with E-state index >= 15 is 0 Å². The zero-order valence-corrected chi connectivity index (χ0v) is 25.3. The molecule has 9 heteroatoms. The van der Waals surface area contributed by atoms with Crippen molar-refractivity contribution in [2.24, 2.45) is 5.92 Å². The second-order valence-corrected chi connectivity index (χ2v) is 12.5. The molecule has 0 spiro atoms. The lowest BCUT2D eigenvalue weighted by molar-refractivity contribution is 0.0118. The molecule has 0 saturated carbocycles. The van der Waals surface area contributed by atoms with Crippen LogP contribution in [0.25, 0.3) is 5.65 Å². The van der Waals surface area contributed by atoms with Crippen LogP contribution in [0.15, 0.2) is 91.3 Å². The van der Waals surface area contributed by atoms with E-state index in [9.17, 15) is 9.90 Å². The monoisotopic (exact) mass is 606 g/mol. The molecule has 3 aromatic heterocycles. The van der Waals surface area contributed by atoms with Crippen molar-refractivity contribution in [1.29, 1.82) is 0 Å². The first-order valence-electron chi connectivity index (χ1n) is 15.3. The molecular formula is C35H35ClN6O2. The summed E-state index contributed by atoms with van der Waals surface area (Å²) in [6, 6.07) is 25.4. The van der Waals surface area contributed by atoms with Crippen LogP contribution in [-0.2, 0) is 18.4 Å². The van der Waals surface area contributed by atoms with E-state index < -0.39 is 5.60 Å². The highest BCUT2D eigenvalue weighted by Crippen LogP contribution is 2.36. The van der Waals surface area contributed by atoms with Crippen molar-refractivity contribution in [2.45, 2.75) is 37.7 Å². The summed E-state index contributed by atoms with van der Waals surface area (Å²) in [7, 11) is 0. The van der Waals surface area contributed by atoms with E-state index in [1.54, 1.807) is 0 Å².